The molecule has 1 heterocycles. The van der Waals surface area contributed by atoms with E-state index in [1.54, 1.807) is 11.9 Å². The van der Waals surface area contributed by atoms with Crippen molar-refractivity contribution >= 4 is 11.9 Å². The van der Waals surface area contributed by atoms with Crippen molar-refractivity contribution in [3.8, 4) is 0 Å². The first-order chi connectivity index (χ1) is 6.93. The molecule has 86 valence electrons. The minimum absolute atomic E-state index is 0.0858. The van der Waals surface area contributed by atoms with Gasteiger partial charge in [0, 0.05) is 26.2 Å². The Hall–Kier alpha value is -1.10. The quantitative estimate of drug-likeness (QED) is 0.719. The van der Waals surface area contributed by atoms with Gasteiger partial charge in [-0.05, 0) is 13.8 Å². The van der Waals surface area contributed by atoms with Gasteiger partial charge in [0.05, 0.1) is 6.42 Å². The number of carboxylic acids is 1. The number of nitrogens with zero attached hydrogens (tertiary/aromatic N) is 2. The first-order valence-corrected chi connectivity index (χ1v) is 5.16. The number of carbonyl (C=O) groups is 2. The molecule has 1 N–H and O–H groups in total. The number of likely N-dealkylation sites (N-methyl/N-ethyl adjacent to an activating group) is 1. The number of carbonyl (C=O) groups excluding carboxylic acids is 1. The van der Waals surface area contributed by atoms with Crippen molar-refractivity contribution in [1.29, 1.82) is 0 Å². The van der Waals surface area contributed by atoms with Gasteiger partial charge in [-0.2, -0.15) is 0 Å². The summed E-state index contributed by atoms with van der Waals surface area (Å²) in [5, 5.41) is 8.77. The molecule has 0 saturated carbocycles. The van der Waals surface area contributed by atoms with E-state index in [2.05, 4.69) is 0 Å². The highest BCUT2D eigenvalue weighted by atomic mass is 16.4. The Bertz CT molecular complexity index is 265. The third kappa shape index (κ3) is 2.68. The fourth-order valence-corrected chi connectivity index (χ4v) is 1.92. The summed E-state index contributed by atoms with van der Waals surface area (Å²) in [7, 11) is 1.72. The van der Waals surface area contributed by atoms with E-state index in [0.29, 0.717) is 6.54 Å². The average Bonchev–Trinajstić information content (AvgIpc) is 2.12. The van der Waals surface area contributed by atoms with Crippen LogP contribution in [0, 0.1) is 0 Å². The monoisotopic (exact) mass is 214 g/mol. The second-order valence-electron chi connectivity index (χ2n) is 4.21. The van der Waals surface area contributed by atoms with E-state index < -0.39 is 12.0 Å². The van der Waals surface area contributed by atoms with Crippen molar-refractivity contribution in [3.63, 3.8) is 0 Å². The van der Waals surface area contributed by atoms with Crippen LogP contribution in [-0.2, 0) is 9.59 Å². The van der Waals surface area contributed by atoms with Gasteiger partial charge in [-0.3, -0.25) is 14.5 Å². The number of piperazine rings is 1. The number of hydrogen-bond donors (Lipinski definition) is 1. The lowest BCUT2D eigenvalue weighted by Crippen LogP contribution is -2.58. The van der Waals surface area contributed by atoms with E-state index in [1.807, 2.05) is 18.7 Å². The first-order valence-electron chi connectivity index (χ1n) is 5.16. The van der Waals surface area contributed by atoms with Crippen molar-refractivity contribution in [3.05, 3.63) is 0 Å². The highest BCUT2D eigenvalue weighted by Crippen LogP contribution is 2.16. The molecule has 1 fully saturated rings. The third-order valence-corrected chi connectivity index (χ3v) is 2.79. The van der Waals surface area contributed by atoms with Crippen LogP contribution in [0.25, 0.3) is 0 Å². The number of carboxylic acid groups (broad SMARTS) is 1. The molecule has 1 atom stereocenters. The highest BCUT2D eigenvalue weighted by Gasteiger charge is 2.35. The Kier molecular flexibility index (Phi) is 3.68. The SMILES string of the molecule is CC(C)N1CCN(C)C(=O)[C@@H]1CC(=O)O. The van der Waals surface area contributed by atoms with Gasteiger partial charge in [-0.15, -0.1) is 0 Å². The highest BCUT2D eigenvalue weighted by molar-refractivity contribution is 5.86. The first kappa shape index (κ1) is 12.0. The lowest BCUT2D eigenvalue weighted by Gasteiger charge is -2.40. The van der Waals surface area contributed by atoms with Crippen molar-refractivity contribution in [2.24, 2.45) is 0 Å². The summed E-state index contributed by atoms with van der Waals surface area (Å²) in [5.74, 6) is -1.01. The van der Waals surface area contributed by atoms with Crippen LogP contribution in [0.15, 0.2) is 0 Å². The van der Waals surface area contributed by atoms with Crippen LogP contribution in [0.2, 0.25) is 0 Å². The molecular weight excluding hydrogens is 196 g/mol. The fourth-order valence-electron chi connectivity index (χ4n) is 1.92. The zero-order chi connectivity index (χ0) is 11.6. The molecule has 0 aliphatic carbocycles. The van der Waals surface area contributed by atoms with Crippen molar-refractivity contribution in [1.82, 2.24) is 9.80 Å². The number of aliphatic carboxylic acids is 1. The lowest BCUT2D eigenvalue weighted by molar-refractivity contribution is -0.149. The van der Waals surface area contributed by atoms with Gasteiger partial charge >= 0.3 is 5.97 Å². The van der Waals surface area contributed by atoms with Crippen LogP contribution in [0.1, 0.15) is 20.3 Å². The van der Waals surface area contributed by atoms with Crippen molar-refractivity contribution < 1.29 is 14.7 Å². The number of amides is 1. The minimum Gasteiger partial charge on any atom is -0.481 e. The Balaban J connectivity index is 2.79. The van der Waals surface area contributed by atoms with E-state index in [1.165, 1.54) is 0 Å². The van der Waals surface area contributed by atoms with Gasteiger partial charge in [0.2, 0.25) is 5.91 Å². The summed E-state index contributed by atoms with van der Waals surface area (Å²) in [6, 6.07) is -0.298. The summed E-state index contributed by atoms with van der Waals surface area (Å²) in [4.78, 5) is 26.0. The van der Waals surface area contributed by atoms with Crippen LogP contribution in [-0.4, -0.2) is 59.0 Å². The van der Waals surface area contributed by atoms with E-state index in [9.17, 15) is 9.59 Å². The summed E-state index contributed by atoms with van der Waals surface area (Å²) in [6.07, 6.45) is -0.110. The van der Waals surface area contributed by atoms with Gasteiger partial charge in [0.25, 0.3) is 0 Å². The molecule has 1 amide bonds. The Morgan fingerprint density at radius 1 is 1.53 bits per heavy atom. The smallest absolute Gasteiger partial charge is 0.305 e. The predicted octanol–water partition coefficient (Wildman–Crippen LogP) is 0.0121. The second-order valence-corrected chi connectivity index (χ2v) is 4.21. The third-order valence-electron chi connectivity index (χ3n) is 2.79. The molecule has 0 aromatic rings. The zero-order valence-corrected chi connectivity index (χ0v) is 9.43. The molecule has 1 aliphatic rings. The minimum atomic E-state index is -0.922. The Morgan fingerprint density at radius 2 is 2.13 bits per heavy atom. The summed E-state index contributed by atoms with van der Waals surface area (Å²) >= 11 is 0. The lowest BCUT2D eigenvalue weighted by atomic mass is 10.1. The maximum atomic E-state index is 11.8. The van der Waals surface area contributed by atoms with E-state index in [0.717, 1.165) is 6.54 Å². The molecule has 0 unspecified atom stereocenters. The largest absolute Gasteiger partial charge is 0.481 e. The fraction of sp³-hybridized carbons (Fsp3) is 0.800. The Morgan fingerprint density at radius 3 is 2.60 bits per heavy atom. The molecule has 1 rings (SSSR count). The molecule has 0 aromatic heterocycles. The molecule has 5 heteroatoms. The molecule has 0 radical (unpaired) electrons. The zero-order valence-electron chi connectivity index (χ0n) is 9.43. The standard InChI is InChI=1S/C10H18N2O3/c1-7(2)12-5-4-11(3)10(15)8(12)6-9(13)14/h7-8H,4-6H2,1-3H3,(H,13,14)/t8-/m0/s1. The summed E-state index contributed by atoms with van der Waals surface area (Å²) < 4.78 is 0. The van der Waals surface area contributed by atoms with Crippen LogP contribution in [0.3, 0.4) is 0 Å². The van der Waals surface area contributed by atoms with Crippen LogP contribution >= 0.6 is 0 Å². The van der Waals surface area contributed by atoms with E-state index in [4.69, 9.17) is 5.11 Å². The molecule has 1 aliphatic heterocycles. The average molecular weight is 214 g/mol. The summed E-state index contributed by atoms with van der Waals surface area (Å²) in [6.45, 7) is 5.38. The Labute approximate surface area is 89.7 Å². The normalized spacial score (nSPS) is 23.6. The maximum Gasteiger partial charge on any atom is 0.305 e. The number of hydrogen-bond acceptors (Lipinski definition) is 3. The van der Waals surface area contributed by atoms with Gasteiger partial charge in [0.1, 0.15) is 6.04 Å². The van der Waals surface area contributed by atoms with E-state index in [-0.39, 0.29) is 18.4 Å². The van der Waals surface area contributed by atoms with E-state index >= 15 is 0 Å². The maximum absolute atomic E-state index is 11.8. The molecule has 0 spiro atoms. The van der Waals surface area contributed by atoms with Gasteiger partial charge in [-0.1, -0.05) is 0 Å². The molecule has 0 bridgehead atoms. The summed E-state index contributed by atoms with van der Waals surface area (Å²) in [5.41, 5.74) is 0. The molecule has 0 aromatic carbocycles. The van der Waals surface area contributed by atoms with Crippen LogP contribution in [0.5, 0.6) is 0 Å². The predicted molar refractivity (Wildman–Crippen MR) is 55.5 cm³/mol. The molecule has 15 heavy (non-hydrogen) atoms. The second kappa shape index (κ2) is 4.61. The van der Waals surface area contributed by atoms with Crippen molar-refractivity contribution in [2.45, 2.75) is 32.4 Å². The topological polar surface area (TPSA) is 60.9 Å². The van der Waals surface area contributed by atoms with Crippen LogP contribution < -0.4 is 0 Å². The molecule has 1 saturated heterocycles. The van der Waals surface area contributed by atoms with Gasteiger partial charge in [0.15, 0.2) is 0 Å². The molecule has 5 nitrogen and oxygen atoms in total. The van der Waals surface area contributed by atoms with Crippen LogP contribution in [0.4, 0.5) is 0 Å². The van der Waals surface area contributed by atoms with Crippen molar-refractivity contribution in [2.75, 3.05) is 20.1 Å². The van der Waals surface area contributed by atoms with Gasteiger partial charge < -0.3 is 10.0 Å². The molecular formula is C10H18N2O3. The number of rotatable bonds is 3. The van der Waals surface area contributed by atoms with Gasteiger partial charge in [-0.25, -0.2) is 0 Å².